The minimum absolute atomic E-state index is 0.107. The molecule has 0 saturated heterocycles. The molecule has 7 rings (SSSR count). The summed E-state index contributed by atoms with van der Waals surface area (Å²) in [6.07, 6.45) is 0. The van der Waals surface area contributed by atoms with Gasteiger partial charge in [0.15, 0.2) is 5.58 Å². The van der Waals surface area contributed by atoms with Gasteiger partial charge in [-0.15, -0.1) is 0 Å². The van der Waals surface area contributed by atoms with Crippen LogP contribution in [-0.2, 0) is 5.41 Å². The molecule has 2 nitrogen and oxygen atoms in total. The van der Waals surface area contributed by atoms with Crippen LogP contribution in [0.15, 0.2) is 150 Å². The number of fused-ring (bicyclic) bond motifs is 3. The molecule has 204 valence electrons. The summed E-state index contributed by atoms with van der Waals surface area (Å²) >= 11 is 0. The van der Waals surface area contributed by atoms with E-state index in [1.807, 2.05) is 12.1 Å². The van der Waals surface area contributed by atoms with Crippen LogP contribution in [0.4, 0.5) is 17.1 Å². The first-order valence-corrected chi connectivity index (χ1v) is 14.5. The highest BCUT2D eigenvalue weighted by Crippen LogP contribution is 2.46. The van der Waals surface area contributed by atoms with Gasteiger partial charge in [-0.05, 0) is 69.6 Å². The van der Waals surface area contributed by atoms with Crippen molar-refractivity contribution >= 4 is 39.0 Å². The molecule has 0 spiro atoms. The van der Waals surface area contributed by atoms with Crippen LogP contribution >= 0.6 is 0 Å². The molecule has 42 heavy (non-hydrogen) atoms. The number of benzene rings is 6. The lowest BCUT2D eigenvalue weighted by molar-refractivity contribution is 0.591. The molecule has 0 unspecified atom stereocenters. The molecule has 1 aromatic heterocycles. The second-order valence-electron chi connectivity index (χ2n) is 11.8. The van der Waals surface area contributed by atoms with Gasteiger partial charge in [-0.25, -0.2) is 0 Å². The first-order chi connectivity index (χ1) is 20.5. The van der Waals surface area contributed by atoms with Gasteiger partial charge in [0.2, 0.25) is 0 Å². The topological polar surface area (TPSA) is 16.4 Å². The summed E-state index contributed by atoms with van der Waals surface area (Å²) in [5, 5.41) is 2.25. The zero-order valence-electron chi connectivity index (χ0n) is 24.2. The molecule has 0 aliphatic carbocycles. The number of nitrogens with zero attached hydrogens (tertiary/aromatic N) is 1. The largest absolute Gasteiger partial charge is 0.454 e. The van der Waals surface area contributed by atoms with Crippen molar-refractivity contribution in [2.75, 3.05) is 4.90 Å². The van der Waals surface area contributed by atoms with E-state index >= 15 is 0 Å². The van der Waals surface area contributed by atoms with E-state index in [1.165, 1.54) is 27.8 Å². The summed E-state index contributed by atoms with van der Waals surface area (Å²) in [7, 11) is 0. The van der Waals surface area contributed by atoms with E-state index in [0.717, 1.165) is 39.0 Å². The third-order valence-corrected chi connectivity index (χ3v) is 8.01. The van der Waals surface area contributed by atoms with Crippen molar-refractivity contribution < 1.29 is 4.42 Å². The molecule has 0 aliphatic heterocycles. The van der Waals surface area contributed by atoms with E-state index in [-0.39, 0.29) is 5.41 Å². The second-order valence-corrected chi connectivity index (χ2v) is 11.8. The Morgan fingerprint density at radius 2 is 1.05 bits per heavy atom. The van der Waals surface area contributed by atoms with Crippen LogP contribution < -0.4 is 4.90 Å². The molecule has 2 heteroatoms. The lowest BCUT2D eigenvalue weighted by Crippen LogP contribution is -2.19. The van der Waals surface area contributed by atoms with E-state index in [0.29, 0.717) is 0 Å². The van der Waals surface area contributed by atoms with Crippen LogP contribution in [0, 0.1) is 0 Å². The minimum atomic E-state index is -0.107. The first kappa shape index (κ1) is 25.9. The number of furan rings is 1. The maximum Gasteiger partial charge on any atom is 0.159 e. The number of rotatable bonds is 5. The predicted octanol–water partition coefficient (Wildman–Crippen LogP) is 11.7. The van der Waals surface area contributed by atoms with Gasteiger partial charge in [0.25, 0.3) is 0 Å². The zero-order valence-corrected chi connectivity index (χ0v) is 24.2. The quantitative estimate of drug-likeness (QED) is 0.215. The monoisotopic (exact) mass is 543 g/mol. The second kappa shape index (κ2) is 10.4. The van der Waals surface area contributed by atoms with Crippen LogP contribution in [0.2, 0.25) is 0 Å². The van der Waals surface area contributed by atoms with Crippen LogP contribution in [0.1, 0.15) is 26.3 Å². The van der Waals surface area contributed by atoms with Gasteiger partial charge in [-0.2, -0.15) is 0 Å². The Morgan fingerprint density at radius 1 is 0.476 bits per heavy atom. The van der Waals surface area contributed by atoms with Crippen molar-refractivity contribution in [1.29, 1.82) is 0 Å². The highest BCUT2D eigenvalue weighted by atomic mass is 16.3. The van der Waals surface area contributed by atoms with E-state index in [2.05, 4.69) is 159 Å². The summed E-state index contributed by atoms with van der Waals surface area (Å²) in [5.41, 5.74) is 11.0. The molecule has 7 aromatic rings. The molecule has 0 aliphatic rings. The molecule has 0 bridgehead atoms. The van der Waals surface area contributed by atoms with E-state index < -0.39 is 0 Å². The van der Waals surface area contributed by atoms with Gasteiger partial charge in [-0.3, -0.25) is 0 Å². The van der Waals surface area contributed by atoms with E-state index in [4.69, 9.17) is 4.42 Å². The third-order valence-electron chi connectivity index (χ3n) is 8.01. The van der Waals surface area contributed by atoms with Crippen molar-refractivity contribution in [2.45, 2.75) is 26.2 Å². The fourth-order valence-corrected chi connectivity index (χ4v) is 5.89. The number of para-hydroxylation sites is 2. The standard InChI is InChI=1S/C40H33NO/c1-40(2,3)35-27-31(29-15-8-5-9-16-29)23-26-36(35)41(32-24-21-30(22-25-32)28-13-6-4-7-14-28)37-19-12-18-34-33-17-10-11-20-38(33)42-39(34)37/h4-27H,1-3H3. The summed E-state index contributed by atoms with van der Waals surface area (Å²) < 4.78 is 6.58. The molecule has 0 N–H and O–H groups in total. The minimum Gasteiger partial charge on any atom is -0.454 e. The van der Waals surface area contributed by atoms with Gasteiger partial charge in [-0.1, -0.05) is 130 Å². The van der Waals surface area contributed by atoms with Crippen molar-refractivity contribution in [3.63, 3.8) is 0 Å². The first-order valence-electron chi connectivity index (χ1n) is 14.5. The Bertz CT molecular complexity index is 2000. The summed E-state index contributed by atoms with van der Waals surface area (Å²) in [6.45, 7) is 6.87. The molecule has 0 saturated carbocycles. The molecular weight excluding hydrogens is 510 g/mol. The Balaban J connectivity index is 1.47. The maximum atomic E-state index is 6.58. The lowest BCUT2D eigenvalue weighted by atomic mass is 9.83. The van der Waals surface area contributed by atoms with Crippen molar-refractivity contribution in [3.05, 3.63) is 151 Å². The fraction of sp³-hybridized carbons (Fsp3) is 0.100. The normalized spacial score (nSPS) is 11.7. The average molecular weight is 544 g/mol. The molecule has 0 radical (unpaired) electrons. The van der Waals surface area contributed by atoms with Gasteiger partial charge < -0.3 is 9.32 Å². The smallest absolute Gasteiger partial charge is 0.159 e. The van der Waals surface area contributed by atoms with Gasteiger partial charge in [0.05, 0.1) is 11.4 Å². The molecule has 0 atom stereocenters. The van der Waals surface area contributed by atoms with Crippen molar-refractivity contribution in [2.24, 2.45) is 0 Å². The summed E-state index contributed by atoms with van der Waals surface area (Å²) in [5.74, 6) is 0. The van der Waals surface area contributed by atoms with Crippen LogP contribution in [-0.4, -0.2) is 0 Å². The van der Waals surface area contributed by atoms with Crippen molar-refractivity contribution in [3.8, 4) is 22.3 Å². The summed E-state index contributed by atoms with van der Waals surface area (Å²) in [4.78, 5) is 2.37. The van der Waals surface area contributed by atoms with Crippen LogP contribution in [0.5, 0.6) is 0 Å². The molecule has 6 aromatic carbocycles. The highest BCUT2D eigenvalue weighted by Gasteiger charge is 2.26. The van der Waals surface area contributed by atoms with E-state index in [9.17, 15) is 0 Å². The molecule has 0 amide bonds. The van der Waals surface area contributed by atoms with Gasteiger partial charge >= 0.3 is 0 Å². The number of hydrogen-bond donors (Lipinski definition) is 0. The number of anilines is 3. The molecule has 1 heterocycles. The maximum absolute atomic E-state index is 6.58. The predicted molar refractivity (Wildman–Crippen MR) is 178 cm³/mol. The van der Waals surface area contributed by atoms with Crippen LogP contribution in [0.3, 0.4) is 0 Å². The lowest BCUT2D eigenvalue weighted by Gasteiger charge is -2.32. The molecular formula is C40H33NO. The van der Waals surface area contributed by atoms with Gasteiger partial charge in [0.1, 0.15) is 5.58 Å². The Kier molecular flexibility index (Phi) is 6.40. The van der Waals surface area contributed by atoms with Crippen molar-refractivity contribution in [1.82, 2.24) is 0 Å². The molecule has 0 fully saturated rings. The van der Waals surface area contributed by atoms with E-state index in [1.54, 1.807) is 0 Å². The number of hydrogen-bond acceptors (Lipinski definition) is 2. The SMILES string of the molecule is CC(C)(C)c1cc(-c2ccccc2)ccc1N(c1ccc(-c2ccccc2)cc1)c1cccc2c1oc1ccccc12. The van der Waals surface area contributed by atoms with Gasteiger partial charge in [0, 0.05) is 16.5 Å². The average Bonchev–Trinajstić information content (AvgIpc) is 3.42. The Labute approximate surface area is 247 Å². The highest BCUT2D eigenvalue weighted by molar-refractivity contribution is 6.10. The third kappa shape index (κ3) is 4.65. The zero-order chi connectivity index (χ0) is 28.7. The Morgan fingerprint density at radius 3 is 1.74 bits per heavy atom. The Hall–Kier alpha value is -5.08. The van der Waals surface area contributed by atoms with Crippen LogP contribution in [0.25, 0.3) is 44.2 Å². The fourth-order valence-electron chi connectivity index (χ4n) is 5.89. The summed E-state index contributed by atoms with van der Waals surface area (Å²) in [6, 6.07) is 51.7.